The van der Waals surface area contributed by atoms with Crippen molar-refractivity contribution in [3.8, 4) is 11.5 Å². The number of ether oxygens (including phenoxy) is 2. The van der Waals surface area contributed by atoms with Crippen molar-refractivity contribution >= 4 is 11.6 Å². The standard InChI is InChI=1S/C21H23N5O2/c1-27-18-9-16-5-8-26(13-17(16)10-19(18)28-2)21-11-20(24-14-25-21)23-12-15-3-6-22-7-4-15/h3-4,6-7,9-11,14H,5,8,12-13H2,1-2H3,(H,23,24,25). The van der Waals surface area contributed by atoms with Gasteiger partial charge in [0.25, 0.3) is 0 Å². The number of nitrogens with zero attached hydrogens (tertiary/aromatic N) is 4. The number of methoxy groups -OCH3 is 2. The molecule has 3 aromatic rings. The smallest absolute Gasteiger partial charge is 0.161 e. The SMILES string of the molecule is COc1cc2c(cc1OC)CN(c1cc(NCc3ccncc3)ncn1)CC2. The maximum Gasteiger partial charge on any atom is 0.161 e. The zero-order chi connectivity index (χ0) is 19.3. The van der Waals surface area contributed by atoms with Crippen LogP contribution in [-0.4, -0.2) is 35.7 Å². The van der Waals surface area contributed by atoms with E-state index in [1.807, 2.05) is 18.2 Å². The van der Waals surface area contributed by atoms with Crippen LogP contribution < -0.4 is 19.7 Å². The van der Waals surface area contributed by atoms with E-state index in [4.69, 9.17) is 9.47 Å². The molecule has 1 N–H and O–H groups in total. The average molecular weight is 377 g/mol. The summed E-state index contributed by atoms with van der Waals surface area (Å²) in [6, 6.07) is 10.1. The first-order valence-electron chi connectivity index (χ1n) is 9.20. The molecule has 0 spiro atoms. The minimum absolute atomic E-state index is 0.693. The van der Waals surface area contributed by atoms with Gasteiger partial charge < -0.3 is 19.7 Å². The third kappa shape index (κ3) is 3.83. The molecular weight excluding hydrogens is 354 g/mol. The Labute approximate surface area is 164 Å². The van der Waals surface area contributed by atoms with E-state index in [1.54, 1.807) is 32.9 Å². The normalized spacial score (nSPS) is 13.0. The number of hydrogen-bond donors (Lipinski definition) is 1. The Morgan fingerprint density at radius 3 is 2.50 bits per heavy atom. The highest BCUT2D eigenvalue weighted by Crippen LogP contribution is 2.34. The topological polar surface area (TPSA) is 72.4 Å². The van der Waals surface area contributed by atoms with Crippen molar-refractivity contribution in [2.24, 2.45) is 0 Å². The van der Waals surface area contributed by atoms with Gasteiger partial charge in [-0.1, -0.05) is 0 Å². The van der Waals surface area contributed by atoms with Crippen LogP contribution in [-0.2, 0) is 19.5 Å². The van der Waals surface area contributed by atoms with Gasteiger partial charge in [0.2, 0.25) is 0 Å². The van der Waals surface area contributed by atoms with Gasteiger partial charge in [-0.15, -0.1) is 0 Å². The van der Waals surface area contributed by atoms with Crippen molar-refractivity contribution < 1.29 is 9.47 Å². The minimum atomic E-state index is 0.693. The number of anilines is 2. The molecule has 28 heavy (non-hydrogen) atoms. The monoisotopic (exact) mass is 377 g/mol. The van der Waals surface area contributed by atoms with Gasteiger partial charge in [-0.25, -0.2) is 9.97 Å². The Morgan fingerprint density at radius 2 is 1.75 bits per heavy atom. The molecule has 1 aromatic carbocycles. The van der Waals surface area contributed by atoms with Crippen LogP contribution in [0, 0.1) is 0 Å². The number of fused-ring (bicyclic) bond motifs is 1. The number of aromatic nitrogens is 3. The fourth-order valence-electron chi connectivity index (χ4n) is 3.39. The summed E-state index contributed by atoms with van der Waals surface area (Å²) in [6.45, 7) is 2.36. The van der Waals surface area contributed by atoms with E-state index in [9.17, 15) is 0 Å². The van der Waals surface area contributed by atoms with Gasteiger partial charge in [0.15, 0.2) is 11.5 Å². The van der Waals surface area contributed by atoms with E-state index < -0.39 is 0 Å². The lowest BCUT2D eigenvalue weighted by molar-refractivity contribution is 0.353. The van der Waals surface area contributed by atoms with Crippen molar-refractivity contribution in [1.82, 2.24) is 15.0 Å². The molecule has 7 nitrogen and oxygen atoms in total. The Hall–Kier alpha value is -3.35. The number of pyridine rings is 1. The van der Waals surface area contributed by atoms with E-state index in [-0.39, 0.29) is 0 Å². The first-order valence-corrected chi connectivity index (χ1v) is 9.20. The molecule has 0 atom stereocenters. The van der Waals surface area contributed by atoms with E-state index in [0.717, 1.165) is 48.2 Å². The zero-order valence-corrected chi connectivity index (χ0v) is 16.1. The summed E-state index contributed by atoms with van der Waals surface area (Å²) in [5.74, 6) is 3.25. The maximum absolute atomic E-state index is 5.45. The molecule has 2 aromatic heterocycles. The quantitative estimate of drug-likeness (QED) is 0.708. The van der Waals surface area contributed by atoms with Crippen LogP contribution in [0.3, 0.4) is 0 Å². The van der Waals surface area contributed by atoms with Gasteiger partial charge in [-0.3, -0.25) is 4.98 Å². The molecule has 7 heteroatoms. The maximum atomic E-state index is 5.45. The number of benzene rings is 1. The number of nitrogens with one attached hydrogen (secondary N) is 1. The average Bonchev–Trinajstić information content (AvgIpc) is 2.77. The second-order valence-electron chi connectivity index (χ2n) is 6.62. The van der Waals surface area contributed by atoms with E-state index in [1.165, 1.54) is 11.1 Å². The fourth-order valence-corrected chi connectivity index (χ4v) is 3.39. The molecule has 0 fully saturated rings. The molecular formula is C21H23N5O2. The molecule has 0 radical (unpaired) electrons. The molecule has 0 unspecified atom stereocenters. The van der Waals surface area contributed by atoms with Gasteiger partial charge in [-0.2, -0.15) is 0 Å². The summed E-state index contributed by atoms with van der Waals surface area (Å²) in [6.07, 6.45) is 6.11. The molecule has 1 aliphatic heterocycles. The summed E-state index contributed by atoms with van der Waals surface area (Å²) >= 11 is 0. The molecule has 144 valence electrons. The molecule has 0 saturated heterocycles. The van der Waals surface area contributed by atoms with Crippen molar-refractivity contribution in [3.05, 3.63) is 65.7 Å². The zero-order valence-electron chi connectivity index (χ0n) is 16.1. The van der Waals surface area contributed by atoms with Crippen LogP contribution in [0.2, 0.25) is 0 Å². The van der Waals surface area contributed by atoms with Crippen LogP contribution in [0.4, 0.5) is 11.6 Å². The first-order chi connectivity index (χ1) is 13.8. The summed E-state index contributed by atoms with van der Waals surface area (Å²) in [4.78, 5) is 15.1. The van der Waals surface area contributed by atoms with Crippen molar-refractivity contribution in [2.45, 2.75) is 19.5 Å². The molecule has 0 aliphatic carbocycles. The van der Waals surface area contributed by atoms with E-state index >= 15 is 0 Å². The van der Waals surface area contributed by atoms with Crippen LogP contribution in [0.1, 0.15) is 16.7 Å². The van der Waals surface area contributed by atoms with Gasteiger partial charge in [0, 0.05) is 38.1 Å². The lowest BCUT2D eigenvalue weighted by Crippen LogP contribution is -2.31. The molecule has 1 aliphatic rings. The Bertz CT molecular complexity index is 949. The molecule has 0 saturated carbocycles. The van der Waals surface area contributed by atoms with Gasteiger partial charge in [0.1, 0.15) is 18.0 Å². The van der Waals surface area contributed by atoms with Crippen molar-refractivity contribution in [1.29, 1.82) is 0 Å². The summed E-state index contributed by atoms with van der Waals surface area (Å²) in [7, 11) is 3.33. The van der Waals surface area contributed by atoms with Crippen LogP contribution in [0.5, 0.6) is 11.5 Å². The minimum Gasteiger partial charge on any atom is -0.493 e. The highest BCUT2D eigenvalue weighted by atomic mass is 16.5. The fraction of sp³-hybridized carbons (Fsp3) is 0.286. The lowest BCUT2D eigenvalue weighted by atomic mass is 9.99. The Morgan fingerprint density at radius 1 is 1.00 bits per heavy atom. The van der Waals surface area contributed by atoms with Gasteiger partial charge in [-0.05, 0) is 47.4 Å². The third-order valence-corrected chi connectivity index (χ3v) is 4.92. The second-order valence-corrected chi connectivity index (χ2v) is 6.62. The second kappa shape index (κ2) is 8.12. The highest BCUT2D eigenvalue weighted by Gasteiger charge is 2.20. The predicted octanol–water partition coefficient (Wildman–Crippen LogP) is 3.06. The van der Waals surface area contributed by atoms with Crippen molar-refractivity contribution in [3.63, 3.8) is 0 Å². The third-order valence-electron chi connectivity index (χ3n) is 4.92. The molecule has 4 rings (SSSR count). The number of hydrogen-bond acceptors (Lipinski definition) is 7. The van der Waals surface area contributed by atoms with Gasteiger partial charge in [0.05, 0.1) is 14.2 Å². The van der Waals surface area contributed by atoms with Gasteiger partial charge >= 0.3 is 0 Å². The Balaban J connectivity index is 1.49. The predicted molar refractivity (Wildman–Crippen MR) is 108 cm³/mol. The Kier molecular flexibility index (Phi) is 5.23. The summed E-state index contributed by atoms with van der Waals surface area (Å²) < 4.78 is 10.9. The molecule has 0 amide bonds. The summed E-state index contributed by atoms with van der Waals surface area (Å²) in [5, 5.41) is 3.35. The first kappa shape index (κ1) is 18.0. The highest BCUT2D eigenvalue weighted by molar-refractivity contribution is 5.54. The van der Waals surface area contributed by atoms with Crippen LogP contribution in [0.25, 0.3) is 0 Å². The van der Waals surface area contributed by atoms with Crippen LogP contribution in [0.15, 0.2) is 49.1 Å². The molecule has 0 bridgehead atoms. The lowest BCUT2D eigenvalue weighted by Gasteiger charge is -2.30. The number of rotatable bonds is 6. The summed E-state index contributed by atoms with van der Waals surface area (Å²) in [5.41, 5.74) is 3.68. The van der Waals surface area contributed by atoms with E-state index in [0.29, 0.717) is 6.54 Å². The van der Waals surface area contributed by atoms with Crippen molar-refractivity contribution in [2.75, 3.05) is 31.0 Å². The molecule has 3 heterocycles. The van der Waals surface area contributed by atoms with Crippen LogP contribution >= 0.6 is 0 Å². The van der Waals surface area contributed by atoms with E-state index in [2.05, 4.69) is 37.3 Å². The largest absolute Gasteiger partial charge is 0.493 e.